The van der Waals surface area contributed by atoms with Crippen LogP contribution in [0.25, 0.3) is 10.8 Å². The number of thiazole rings is 1. The number of aromatic hydroxyl groups is 1. The molecule has 0 saturated heterocycles. The molecule has 1 heterocycles. The maximum Gasteiger partial charge on any atom is 0.255 e. The Balaban J connectivity index is 1.86. The first-order valence-corrected chi connectivity index (χ1v) is 7.00. The van der Waals surface area contributed by atoms with E-state index in [4.69, 9.17) is 0 Å². The average molecular weight is 284 g/mol. The lowest BCUT2D eigenvalue weighted by molar-refractivity contribution is 0.0949. The van der Waals surface area contributed by atoms with E-state index in [0.717, 1.165) is 10.3 Å². The van der Waals surface area contributed by atoms with Crippen LogP contribution in [0.3, 0.4) is 0 Å². The summed E-state index contributed by atoms with van der Waals surface area (Å²) in [6.45, 7) is 0.412. The average Bonchev–Trinajstić information content (AvgIpc) is 2.99. The number of amides is 1. The van der Waals surface area contributed by atoms with Crippen LogP contribution < -0.4 is 5.32 Å². The van der Waals surface area contributed by atoms with Gasteiger partial charge >= 0.3 is 0 Å². The molecule has 5 heteroatoms. The molecule has 1 aromatic heterocycles. The van der Waals surface area contributed by atoms with Crippen LogP contribution in [0.15, 0.2) is 48.1 Å². The Kier molecular flexibility index (Phi) is 3.35. The van der Waals surface area contributed by atoms with Crippen LogP contribution in [0.5, 0.6) is 5.75 Å². The Bertz CT molecular complexity index is 754. The predicted molar refractivity (Wildman–Crippen MR) is 78.9 cm³/mol. The summed E-state index contributed by atoms with van der Waals surface area (Å²) in [6.07, 6.45) is 1.71. The highest BCUT2D eigenvalue weighted by molar-refractivity contribution is 7.09. The number of carbonyl (C=O) groups is 1. The SMILES string of the molecule is O=C(NCc1cncs1)c1ccc2ccccc2c1O. The van der Waals surface area contributed by atoms with Crippen molar-refractivity contribution in [1.29, 1.82) is 0 Å². The molecule has 4 nitrogen and oxygen atoms in total. The van der Waals surface area contributed by atoms with Crippen molar-refractivity contribution in [2.75, 3.05) is 0 Å². The summed E-state index contributed by atoms with van der Waals surface area (Å²) < 4.78 is 0. The van der Waals surface area contributed by atoms with Crippen LogP contribution in [-0.4, -0.2) is 16.0 Å². The molecule has 1 amide bonds. The Hall–Kier alpha value is -2.40. The lowest BCUT2D eigenvalue weighted by Crippen LogP contribution is -2.22. The van der Waals surface area contributed by atoms with Crippen LogP contribution in [0, 0.1) is 0 Å². The molecule has 0 fully saturated rings. The molecule has 100 valence electrons. The van der Waals surface area contributed by atoms with E-state index in [1.165, 1.54) is 11.3 Å². The molecule has 0 unspecified atom stereocenters. The summed E-state index contributed by atoms with van der Waals surface area (Å²) in [5, 5.41) is 14.6. The first-order valence-electron chi connectivity index (χ1n) is 6.12. The highest BCUT2D eigenvalue weighted by atomic mass is 32.1. The second kappa shape index (κ2) is 5.30. The van der Waals surface area contributed by atoms with Gasteiger partial charge in [0, 0.05) is 16.5 Å². The summed E-state index contributed by atoms with van der Waals surface area (Å²) in [4.78, 5) is 17.0. The fourth-order valence-corrected chi connectivity index (χ4v) is 2.56. The number of hydrogen-bond acceptors (Lipinski definition) is 4. The quantitative estimate of drug-likeness (QED) is 0.777. The molecular weight excluding hydrogens is 272 g/mol. The highest BCUT2D eigenvalue weighted by Crippen LogP contribution is 2.28. The van der Waals surface area contributed by atoms with E-state index in [0.29, 0.717) is 11.9 Å². The second-order valence-corrected chi connectivity index (χ2v) is 5.30. The van der Waals surface area contributed by atoms with Crippen molar-refractivity contribution in [3.63, 3.8) is 0 Å². The summed E-state index contributed by atoms with van der Waals surface area (Å²) in [5.41, 5.74) is 2.00. The third-order valence-corrected chi connectivity index (χ3v) is 3.83. The largest absolute Gasteiger partial charge is 0.506 e. The Morgan fingerprint density at radius 3 is 2.90 bits per heavy atom. The van der Waals surface area contributed by atoms with Crippen LogP contribution >= 0.6 is 11.3 Å². The van der Waals surface area contributed by atoms with Crippen molar-refractivity contribution < 1.29 is 9.90 Å². The molecule has 0 aliphatic heterocycles. The van der Waals surface area contributed by atoms with Crippen molar-refractivity contribution in [2.45, 2.75) is 6.54 Å². The number of benzene rings is 2. The van der Waals surface area contributed by atoms with E-state index < -0.39 is 0 Å². The molecule has 0 aliphatic carbocycles. The lowest BCUT2D eigenvalue weighted by Gasteiger charge is -2.08. The molecule has 0 bridgehead atoms. The molecule has 0 aliphatic rings. The number of fused-ring (bicyclic) bond motifs is 1. The molecule has 0 atom stereocenters. The molecule has 3 rings (SSSR count). The maximum atomic E-state index is 12.1. The minimum atomic E-state index is -0.290. The first-order chi connectivity index (χ1) is 9.75. The maximum absolute atomic E-state index is 12.1. The van der Waals surface area contributed by atoms with E-state index in [2.05, 4.69) is 10.3 Å². The standard InChI is InChI=1S/C15H12N2O2S/c18-14-12-4-2-1-3-10(12)5-6-13(14)15(19)17-8-11-7-16-9-20-11/h1-7,9,18H,8H2,(H,17,19). The van der Waals surface area contributed by atoms with Gasteiger partial charge in [0.25, 0.3) is 5.91 Å². The minimum Gasteiger partial charge on any atom is -0.506 e. The van der Waals surface area contributed by atoms with Crippen molar-refractivity contribution in [3.8, 4) is 5.75 Å². The van der Waals surface area contributed by atoms with E-state index in [1.54, 1.807) is 23.8 Å². The van der Waals surface area contributed by atoms with Crippen molar-refractivity contribution in [3.05, 3.63) is 58.5 Å². The van der Waals surface area contributed by atoms with Crippen molar-refractivity contribution in [2.24, 2.45) is 0 Å². The summed E-state index contributed by atoms with van der Waals surface area (Å²) in [7, 11) is 0. The molecule has 3 aromatic rings. The van der Waals surface area contributed by atoms with Gasteiger partial charge in [-0.3, -0.25) is 9.78 Å². The third-order valence-electron chi connectivity index (χ3n) is 3.05. The van der Waals surface area contributed by atoms with Gasteiger partial charge in [0.15, 0.2) is 0 Å². The number of nitrogens with one attached hydrogen (secondary N) is 1. The number of aromatic nitrogens is 1. The second-order valence-electron chi connectivity index (χ2n) is 4.33. The topological polar surface area (TPSA) is 62.2 Å². The fourth-order valence-electron chi connectivity index (χ4n) is 2.03. The number of rotatable bonds is 3. The van der Waals surface area contributed by atoms with Gasteiger partial charge in [-0.05, 0) is 11.5 Å². The summed E-state index contributed by atoms with van der Waals surface area (Å²) >= 11 is 1.48. The van der Waals surface area contributed by atoms with Gasteiger partial charge in [0.05, 0.1) is 17.6 Å². The van der Waals surface area contributed by atoms with E-state index in [9.17, 15) is 9.90 Å². The summed E-state index contributed by atoms with van der Waals surface area (Å²) in [5.74, 6) is -0.272. The van der Waals surface area contributed by atoms with E-state index in [-0.39, 0.29) is 17.2 Å². The number of hydrogen-bond donors (Lipinski definition) is 2. The third kappa shape index (κ3) is 2.35. The Morgan fingerprint density at radius 2 is 2.10 bits per heavy atom. The number of phenols is 1. The zero-order valence-electron chi connectivity index (χ0n) is 10.5. The van der Waals surface area contributed by atoms with Crippen LogP contribution in [0.2, 0.25) is 0 Å². The van der Waals surface area contributed by atoms with Crippen LogP contribution in [0.4, 0.5) is 0 Å². The van der Waals surface area contributed by atoms with Gasteiger partial charge in [-0.2, -0.15) is 0 Å². The zero-order chi connectivity index (χ0) is 13.9. The predicted octanol–water partition coefficient (Wildman–Crippen LogP) is 2.93. The first kappa shape index (κ1) is 12.6. The monoisotopic (exact) mass is 284 g/mol. The molecule has 2 N–H and O–H groups in total. The Labute approximate surface area is 119 Å². The highest BCUT2D eigenvalue weighted by Gasteiger charge is 2.13. The fraction of sp³-hybridized carbons (Fsp3) is 0.0667. The number of carbonyl (C=O) groups excluding carboxylic acids is 1. The van der Waals surface area contributed by atoms with Gasteiger partial charge < -0.3 is 10.4 Å². The van der Waals surface area contributed by atoms with E-state index >= 15 is 0 Å². The number of phenolic OH excluding ortho intramolecular Hbond substituents is 1. The molecule has 0 radical (unpaired) electrons. The number of nitrogens with zero attached hydrogens (tertiary/aromatic N) is 1. The normalized spacial score (nSPS) is 10.6. The van der Waals surface area contributed by atoms with Gasteiger partial charge in [0.1, 0.15) is 5.75 Å². The summed E-state index contributed by atoms with van der Waals surface area (Å²) in [6, 6.07) is 10.9. The van der Waals surface area contributed by atoms with Crippen LogP contribution in [-0.2, 0) is 6.54 Å². The van der Waals surface area contributed by atoms with Crippen LogP contribution in [0.1, 0.15) is 15.2 Å². The molecule has 2 aromatic carbocycles. The molecular formula is C15H12N2O2S. The van der Waals surface area contributed by atoms with Gasteiger partial charge in [-0.15, -0.1) is 11.3 Å². The van der Waals surface area contributed by atoms with Crippen molar-refractivity contribution >= 4 is 28.0 Å². The lowest BCUT2D eigenvalue weighted by atomic mass is 10.0. The molecule has 0 spiro atoms. The smallest absolute Gasteiger partial charge is 0.255 e. The van der Waals surface area contributed by atoms with Gasteiger partial charge in [0.2, 0.25) is 0 Å². The Morgan fingerprint density at radius 1 is 1.25 bits per heavy atom. The molecule has 0 saturated carbocycles. The van der Waals surface area contributed by atoms with Gasteiger partial charge in [-0.25, -0.2) is 0 Å². The minimum absolute atomic E-state index is 0.0184. The molecule has 20 heavy (non-hydrogen) atoms. The van der Waals surface area contributed by atoms with E-state index in [1.807, 2.05) is 24.3 Å². The zero-order valence-corrected chi connectivity index (χ0v) is 11.4. The van der Waals surface area contributed by atoms with Crippen molar-refractivity contribution in [1.82, 2.24) is 10.3 Å². The van der Waals surface area contributed by atoms with Gasteiger partial charge in [-0.1, -0.05) is 30.3 Å².